The summed E-state index contributed by atoms with van der Waals surface area (Å²) in [4.78, 5) is 13.0. The highest BCUT2D eigenvalue weighted by molar-refractivity contribution is 5.85. The first-order valence-electron chi connectivity index (χ1n) is 6.51. The molecule has 0 saturated carbocycles. The minimum absolute atomic E-state index is 0. The van der Waals surface area contributed by atoms with E-state index < -0.39 is 12.7 Å². The lowest BCUT2D eigenvalue weighted by Crippen LogP contribution is -2.41. The van der Waals surface area contributed by atoms with Crippen molar-refractivity contribution in [3.63, 3.8) is 0 Å². The molecule has 1 fully saturated rings. The standard InChI is InChI=1S/C12H22F3N3O.2ClH/c1-8(9(2)16)11(19)17-5-10-3-4-18(6-10)7-12(13,14)15;;/h8-10H,3-7,16H2,1-2H3,(H,17,19);2*1H. The number of carbonyl (C=O) groups excluding carboxylic acids is 1. The molecule has 0 aromatic carbocycles. The molecule has 1 amide bonds. The van der Waals surface area contributed by atoms with Gasteiger partial charge in [-0.05, 0) is 25.8 Å². The molecule has 4 nitrogen and oxygen atoms in total. The number of amides is 1. The maximum Gasteiger partial charge on any atom is 0.401 e. The Morgan fingerprint density at radius 1 is 1.38 bits per heavy atom. The van der Waals surface area contributed by atoms with E-state index in [-0.39, 0.29) is 48.6 Å². The van der Waals surface area contributed by atoms with Gasteiger partial charge in [-0.3, -0.25) is 9.69 Å². The first-order valence-corrected chi connectivity index (χ1v) is 6.51. The first kappa shape index (κ1) is 23.0. The Hall–Kier alpha value is -0.240. The second-order valence-electron chi connectivity index (χ2n) is 5.40. The molecule has 0 aromatic rings. The third kappa shape index (κ3) is 8.70. The van der Waals surface area contributed by atoms with Crippen LogP contribution in [0.2, 0.25) is 0 Å². The lowest BCUT2D eigenvalue weighted by Gasteiger charge is -2.19. The Kier molecular flexibility index (Phi) is 10.7. The van der Waals surface area contributed by atoms with Crippen LogP contribution in [-0.2, 0) is 4.79 Å². The predicted molar refractivity (Wildman–Crippen MR) is 80.9 cm³/mol. The van der Waals surface area contributed by atoms with Gasteiger partial charge in [0.25, 0.3) is 0 Å². The van der Waals surface area contributed by atoms with Crippen LogP contribution in [0, 0.1) is 11.8 Å². The predicted octanol–water partition coefficient (Wildman–Crippen LogP) is 1.81. The molecule has 3 N–H and O–H groups in total. The van der Waals surface area contributed by atoms with Gasteiger partial charge in [0.15, 0.2) is 0 Å². The van der Waals surface area contributed by atoms with Crippen molar-refractivity contribution >= 4 is 30.7 Å². The molecule has 1 aliphatic heterocycles. The number of hydrogen-bond donors (Lipinski definition) is 2. The summed E-state index contributed by atoms with van der Waals surface area (Å²) in [5.74, 6) is -0.330. The fourth-order valence-electron chi connectivity index (χ4n) is 2.12. The van der Waals surface area contributed by atoms with Crippen molar-refractivity contribution in [3.8, 4) is 0 Å². The van der Waals surface area contributed by atoms with Gasteiger partial charge in [-0.15, -0.1) is 24.8 Å². The molecule has 9 heteroatoms. The minimum atomic E-state index is -4.15. The number of carbonyl (C=O) groups is 1. The number of rotatable bonds is 5. The summed E-state index contributed by atoms with van der Waals surface area (Å²) in [6, 6.07) is -0.231. The van der Waals surface area contributed by atoms with Gasteiger partial charge in [-0.1, -0.05) is 6.92 Å². The Morgan fingerprint density at radius 2 is 1.95 bits per heavy atom. The number of likely N-dealkylation sites (tertiary alicyclic amines) is 1. The van der Waals surface area contributed by atoms with E-state index in [4.69, 9.17) is 5.73 Å². The van der Waals surface area contributed by atoms with Crippen LogP contribution < -0.4 is 11.1 Å². The summed E-state index contributed by atoms with van der Waals surface area (Å²) in [6.45, 7) is 3.86. The zero-order valence-corrected chi connectivity index (χ0v) is 13.8. The van der Waals surface area contributed by atoms with Crippen molar-refractivity contribution in [1.82, 2.24) is 10.2 Å². The van der Waals surface area contributed by atoms with Gasteiger partial charge in [0.1, 0.15) is 0 Å². The molecular weight excluding hydrogens is 330 g/mol. The molecule has 1 saturated heterocycles. The Labute approximate surface area is 135 Å². The number of hydrogen-bond acceptors (Lipinski definition) is 3. The van der Waals surface area contributed by atoms with Crippen LogP contribution >= 0.6 is 24.8 Å². The van der Waals surface area contributed by atoms with Crippen LogP contribution in [-0.4, -0.2) is 49.2 Å². The summed E-state index contributed by atoms with van der Waals surface area (Å²) < 4.78 is 36.7. The van der Waals surface area contributed by atoms with Crippen LogP contribution in [0.1, 0.15) is 20.3 Å². The molecule has 1 heterocycles. The third-order valence-corrected chi connectivity index (χ3v) is 3.54. The summed E-state index contributed by atoms with van der Waals surface area (Å²) in [7, 11) is 0. The van der Waals surface area contributed by atoms with Crippen LogP contribution in [0.4, 0.5) is 13.2 Å². The topological polar surface area (TPSA) is 58.4 Å². The van der Waals surface area contributed by atoms with E-state index in [0.717, 1.165) is 0 Å². The van der Waals surface area contributed by atoms with E-state index >= 15 is 0 Å². The monoisotopic (exact) mass is 353 g/mol. The van der Waals surface area contributed by atoms with Crippen LogP contribution in [0.25, 0.3) is 0 Å². The molecule has 3 unspecified atom stereocenters. The Bertz CT molecular complexity index is 317. The molecular formula is C12H24Cl2F3N3O. The van der Waals surface area contributed by atoms with Crippen molar-refractivity contribution in [2.75, 3.05) is 26.2 Å². The second-order valence-corrected chi connectivity index (χ2v) is 5.40. The van der Waals surface area contributed by atoms with Crippen LogP contribution in [0.15, 0.2) is 0 Å². The summed E-state index contributed by atoms with van der Waals surface area (Å²) in [5.41, 5.74) is 5.62. The van der Waals surface area contributed by atoms with Gasteiger partial charge in [0.05, 0.1) is 6.54 Å². The highest BCUT2D eigenvalue weighted by Gasteiger charge is 2.34. The summed E-state index contributed by atoms with van der Waals surface area (Å²) in [6.07, 6.45) is -3.47. The fourth-order valence-corrected chi connectivity index (χ4v) is 2.12. The number of nitrogens with one attached hydrogen (secondary N) is 1. The molecule has 3 atom stereocenters. The number of alkyl halides is 3. The molecule has 21 heavy (non-hydrogen) atoms. The molecule has 0 aliphatic carbocycles. The van der Waals surface area contributed by atoms with E-state index in [0.29, 0.717) is 26.1 Å². The van der Waals surface area contributed by atoms with Crippen molar-refractivity contribution in [2.45, 2.75) is 32.5 Å². The van der Waals surface area contributed by atoms with E-state index in [1.807, 2.05) is 0 Å². The minimum Gasteiger partial charge on any atom is -0.355 e. The van der Waals surface area contributed by atoms with E-state index in [1.54, 1.807) is 13.8 Å². The SMILES string of the molecule is CC(N)C(C)C(=O)NCC1CCN(CC(F)(F)F)C1.Cl.Cl. The zero-order chi connectivity index (χ0) is 14.6. The lowest BCUT2D eigenvalue weighted by atomic mass is 10.0. The van der Waals surface area contributed by atoms with Crippen molar-refractivity contribution in [2.24, 2.45) is 17.6 Å². The van der Waals surface area contributed by atoms with Gasteiger partial charge >= 0.3 is 6.18 Å². The van der Waals surface area contributed by atoms with E-state index in [2.05, 4.69) is 5.32 Å². The van der Waals surface area contributed by atoms with E-state index in [1.165, 1.54) is 4.90 Å². The largest absolute Gasteiger partial charge is 0.401 e. The van der Waals surface area contributed by atoms with Gasteiger partial charge in [-0.25, -0.2) is 0 Å². The quantitative estimate of drug-likeness (QED) is 0.792. The van der Waals surface area contributed by atoms with Crippen molar-refractivity contribution in [1.29, 1.82) is 0 Å². The average molecular weight is 354 g/mol. The average Bonchev–Trinajstić information content (AvgIpc) is 2.69. The summed E-state index contributed by atoms with van der Waals surface area (Å²) >= 11 is 0. The smallest absolute Gasteiger partial charge is 0.355 e. The van der Waals surface area contributed by atoms with Gasteiger partial charge in [-0.2, -0.15) is 13.2 Å². The normalized spacial score (nSPS) is 21.9. The van der Waals surface area contributed by atoms with Crippen molar-refractivity contribution < 1.29 is 18.0 Å². The third-order valence-electron chi connectivity index (χ3n) is 3.54. The molecule has 0 aromatic heterocycles. The highest BCUT2D eigenvalue weighted by atomic mass is 35.5. The van der Waals surface area contributed by atoms with Gasteiger partial charge < -0.3 is 11.1 Å². The number of halogens is 5. The molecule has 0 radical (unpaired) electrons. The van der Waals surface area contributed by atoms with E-state index in [9.17, 15) is 18.0 Å². The van der Waals surface area contributed by atoms with Gasteiger partial charge in [0, 0.05) is 25.0 Å². The van der Waals surface area contributed by atoms with Gasteiger partial charge in [0.2, 0.25) is 5.91 Å². The fraction of sp³-hybridized carbons (Fsp3) is 0.917. The molecule has 128 valence electrons. The Morgan fingerprint density at radius 3 is 2.43 bits per heavy atom. The zero-order valence-electron chi connectivity index (χ0n) is 12.2. The lowest BCUT2D eigenvalue weighted by molar-refractivity contribution is -0.143. The first-order chi connectivity index (χ1) is 8.69. The molecule has 1 rings (SSSR count). The van der Waals surface area contributed by atoms with Crippen molar-refractivity contribution in [3.05, 3.63) is 0 Å². The van der Waals surface area contributed by atoms with Crippen LogP contribution in [0.5, 0.6) is 0 Å². The molecule has 0 spiro atoms. The Balaban J connectivity index is 0. The second kappa shape index (κ2) is 9.71. The molecule has 0 bridgehead atoms. The number of nitrogens with two attached hydrogens (primary N) is 1. The maximum absolute atomic E-state index is 12.2. The number of nitrogens with zero attached hydrogens (tertiary/aromatic N) is 1. The highest BCUT2D eigenvalue weighted by Crippen LogP contribution is 2.22. The molecule has 1 aliphatic rings. The maximum atomic E-state index is 12.2. The van der Waals surface area contributed by atoms with Crippen LogP contribution in [0.3, 0.4) is 0 Å². The summed E-state index contributed by atoms with van der Waals surface area (Å²) in [5, 5.41) is 2.76.